The van der Waals surface area contributed by atoms with E-state index < -0.39 is 11.4 Å². The Morgan fingerprint density at radius 2 is 1.95 bits per heavy atom. The molecule has 1 saturated carbocycles. The number of hydrogen-bond donors (Lipinski definition) is 0. The molecule has 0 saturated heterocycles. The fraction of sp³-hybridized carbons (Fsp3) is 0.500. The van der Waals surface area contributed by atoms with E-state index in [9.17, 15) is 9.18 Å². The second-order valence-electron chi connectivity index (χ2n) is 4.60. The Bertz CT molecular complexity index is 518. The molecule has 2 rings (SSSR count). The van der Waals surface area contributed by atoms with E-state index in [0.29, 0.717) is 24.2 Å². The third kappa shape index (κ3) is 2.22. The van der Waals surface area contributed by atoms with Gasteiger partial charge in [0.05, 0.1) is 14.2 Å². The van der Waals surface area contributed by atoms with Gasteiger partial charge in [-0.25, -0.2) is 9.18 Å². The fourth-order valence-electron chi connectivity index (χ4n) is 2.74. The molecule has 0 heterocycles. The molecule has 19 heavy (non-hydrogen) atoms. The molecule has 0 unspecified atom stereocenters. The quantitative estimate of drug-likeness (QED) is 0.621. The Labute approximate surface area is 111 Å². The van der Waals surface area contributed by atoms with Crippen molar-refractivity contribution in [2.24, 2.45) is 4.99 Å². The van der Waals surface area contributed by atoms with Gasteiger partial charge in [-0.2, -0.15) is 4.99 Å². The summed E-state index contributed by atoms with van der Waals surface area (Å²) < 4.78 is 24.7. The highest BCUT2D eigenvalue weighted by Gasteiger charge is 2.39. The lowest BCUT2D eigenvalue weighted by Crippen LogP contribution is -2.21. The molecule has 0 bridgehead atoms. The average Bonchev–Trinajstić information content (AvgIpc) is 2.88. The second kappa shape index (κ2) is 5.41. The Balaban J connectivity index is 2.58. The molecule has 1 aliphatic rings. The third-order valence-corrected chi connectivity index (χ3v) is 3.68. The van der Waals surface area contributed by atoms with E-state index in [1.807, 2.05) is 0 Å². The Hall–Kier alpha value is -1.87. The van der Waals surface area contributed by atoms with Gasteiger partial charge in [-0.05, 0) is 25.0 Å². The van der Waals surface area contributed by atoms with Crippen molar-refractivity contribution < 1.29 is 18.7 Å². The van der Waals surface area contributed by atoms with Gasteiger partial charge in [-0.1, -0.05) is 12.8 Å². The van der Waals surface area contributed by atoms with Crippen molar-refractivity contribution in [1.82, 2.24) is 0 Å². The number of nitrogens with zero attached hydrogens (tertiary/aromatic N) is 1. The summed E-state index contributed by atoms with van der Waals surface area (Å²) in [6, 6.07) is 3.25. The zero-order valence-electron chi connectivity index (χ0n) is 11.0. The molecule has 0 amide bonds. The smallest absolute Gasteiger partial charge is 0.235 e. The molecular formula is C14H16FNO3. The molecule has 1 fully saturated rings. The molecule has 0 spiro atoms. The van der Waals surface area contributed by atoms with Crippen LogP contribution in [0.4, 0.5) is 4.39 Å². The van der Waals surface area contributed by atoms with Crippen LogP contribution in [0.2, 0.25) is 0 Å². The van der Waals surface area contributed by atoms with E-state index in [2.05, 4.69) is 4.99 Å². The topological polar surface area (TPSA) is 47.9 Å². The average molecular weight is 265 g/mol. The summed E-state index contributed by atoms with van der Waals surface area (Å²) in [7, 11) is 2.83. The van der Waals surface area contributed by atoms with Gasteiger partial charge in [-0.15, -0.1) is 0 Å². The van der Waals surface area contributed by atoms with Gasteiger partial charge in [0, 0.05) is 5.56 Å². The molecule has 0 atom stereocenters. The third-order valence-electron chi connectivity index (χ3n) is 3.68. The van der Waals surface area contributed by atoms with Crippen LogP contribution in [0.5, 0.6) is 11.5 Å². The van der Waals surface area contributed by atoms with Crippen LogP contribution in [0.15, 0.2) is 17.1 Å². The fourth-order valence-corrected chi connectivity index (χ4v) is 2.74. The highest BCUT2D eigenvalue weighted by Crippen LogP contribution is 2.46. The predicted octanol–water partition coefficient (Wildman–Crippen LogP) is 2.95. The van der Waals surface area contributed by atoms with Crippen molar-refractivity contribution in [2.45, 2.75) is 31.2 Å². The summed E-state index contributed by atoms with van der Waals surface area (Å²) >= 11 is 0. The lowest BCUT2D eigenvalue weighted by molar-refractivity contribution is 0.329. The number of rotatable bonds is 4. The van der Waals surface area contributed by atoms with Crippen molar-refractivity contribution in [1.29, 1.82) is 0 Å². The number of halogens is 1. The number of ether oxygens (including phenoxy) is 2. The van der Waals surface area contributed by atoms with Crippen molar-refractivity contribution in [3.8, 4) is 11.5 Å². The first-order valence-corrected chi connectivity index (χ1v) is 6.18. The lowest BCUT2D eigenvalue weighted by atomic mass is 9.88. The van der Waals surface area contributed by atoms with Crippen LogP contribution >= 0.6 is 0 Å². The van der Waals surface area contributed by atoms with Crippen molar-refractivity contribution in [2.75, 3.05) is 14.2 Å². The van der Waals surface area contributed by atoms with E-state index in [1.165, 1.54) is 14.2 Å². The molecule has 0 aromatic heterocycles. The van der Waals surface area contributed by atoms with Crippen LogP contribution in [0.1, 0.15) is 31.2 Å². The zero-order chi connectivity index (χ0) is 13.9. The van der Waals surface area contributed by atoms with Gasteiger partial charge in [-0.3, -0.25) is 0 Å². The van der Waals surface area contributed by atoms with Crippen LogP contribution in [-0.2, 0) is 10.3 Å². The maximum absolute atomic E-state index is 14.5. The van der Waals surface area contributed by atoms with Gasteiger partial charge in [0.2, 0.25) is 6.08 Å². The lowest BCUT2D eigenvalue weighted by Gasteiger charge is -2.24. The highest BCUT2D eigenvalue weighted by molar-refractivity contribution is 5.48. The molecule has 4 nitrogen and oxygen atoms in total. The predicted molar refractivity (Wildman–Crippen MR) is 67.8 cm³/mol. The summed E-state index contributed by atoms with van der Waals surface area (Å²) in [4.78, 5) is 14.5. The van der Waals surface area contributed by atoms with E-state index in [1.54, 1.807) is 18.2 Å². The Morgan fingerprint density at radius 1 is 1.26 bits per heavy atom. The van der Waals surface area contributed by atoms with Gasteiger partial charge in [0.25, 0.3) is 0 Å². The van der Waals surface area contributed by atoms with E-state index >= 15 is 0 Å². The van der Waals surface area contributed by atoms with Crippen molar-refractivity contribution in [3.05, 3.63) is 23.5 Å². The van der Waals surface area contributed by atoms with Crippen molar-refractivity contribution in [3.63, 3.8) is 0 Å². The Kier molecular flexibility index (Phi) is 3.86. The second-order valence-corrected chi connectivity index (χ2v) is 4.60. The Morgan fingerprint density at radius 3 is 2.47 bits per heavy atom. The molecule has 1 aromatic carbocycles. The minimum atomic E-state index is -0.800. The van der Waals surface area contributed by atoms with Crippen LogP contribution in [0.25, 0.3) is 0 Å². The van der Waals surface area contributed by atoms with Crippen LogP contribution in [-0.4, -0.2) is 20.3 Å². The number of carbonyl (C=O) groups excluding carboxylic acids is 1. The molecule has 102 valence electrons. The zero-order valence-corrected chi connectivity index (χ0v) is 11.0. The first-order valence-electron chi connectivity index (χ1n) is 6.18. The summed E-state index contributed by atoms with van der Waals surface area (Å²) in [6.07, 6.45) is 4.70. The highest BCUT2D eigenvalue weighted by atomic mass is 19.1. The monoisotopic (exact) mass is 265 g/mol. The van der Waals surface area contributed by atoms with Gasteiger partial charge < -0.3 is 9.47 Å². The molecule has 0 N–H and O–H groups in total. The van der Waals surface area contributed by atoms with Crippen LogP contribution in [0, 0.1) is 5.82 Å². The molecule has 0 aliphatic heterocycles. The summed E-state index contributed by atoms with van der Waals surface area (Å²) in [5.74, 6) is -0.137. The number of benzene rings is 1. The minimum absolute atomic E-state index is 0.0485. The number of aliphatic imine (C=N–C) groups is 1. The maximum Gasteiger partial charge on any atom is 0.235 e. The maximum atomic E-state index is 14.5. The largest absolute Gasteiger partial charge is 0.493 e. The standard InChI is InChI=1S/C14H16FNO3/c1-18-11-6-5-10(12(15)13(11)19-2)14(16-9-17)7-3-4-8-14/h5-6H,3-4,7-8H2,1-2H3. The van der Waals surface area contributed by atoms with Crippen LogP contribution < -0.4 is 9.47 Å². The number of hydrogen-bond acceptors (Lipinski definition) is 4. The van der Waals surface area contributed by atoms with E-state index in [4.69, 9.17) is 9.47 Å². The summed E-state index contributed by atoms with van der Waals surface area (Å²) in [6.45, 7) is 0. The molecule has 0 radical (unpaired) electrons. The normalized spacial score (nSPS) is 16.8. The van der Waals surface area contributed by atoms with Crippen molar-refractivity contribution >= 4 is 6.08 Å². The SMILES string of the molecule is COc1ccc(C2(N=C=O)CCCC2)c(F)c1OC. The molecule has 5 heteroatoms. The van der Waals surface area contributed by atoms with Gasteiger partial charge >= 0.3 is 0 Å². The summed E-state index contributed by atoms with van der Waals surface area (Å²) in [5, 5.41) is 0. The first-order chi connectivity index (χ1) is 9.18. The van der Waals surface area contributed by atoms with E-state index in [-0.39, 0.29) is 5.75 Å². The van der Waals surface area contributed by atoms with E-state index in [0.717, 1.165) is 12.8 Å². The van der Waals surface area contributed by atoms with Crippen LogP contribution in [0.3, 0.4) is 0 Å². The number of isocyanates is 1. The number of methoxy groups -OCH3 is 2. The summed E-state index contributed by atoms with van der Waals surface area (Å²) in [5.41, 5.74) is -0.420. The first kappa shape index (κ1) is 13.6. The van der Waals surface area contributed by atoms with Gasteiger partial charge in [0.1, 0.15) is 5.54 Å². The molecular weight excluding hydrogens is 249 g/mol. The minimum Gasteiger partial charge on any atom is -0.493 e. The molecule has 1 aromatic rings. The van der Waals surface area contributed by atoms with Gasteiger partial charge in [0.15, 0.2) is 17.3 Å². The molecule has 1 aliphatic carbocycles.